The van der Waals surface area contributed by atoms with Gasteiger partial charge in [-0.3, -0.25) is 10.1 Å². The van der Waals surface area contributed by atoms with E-state index in [2.05, 4.69) is 15.0 Å². The third-order valence-electron chi connectivity index (χ3n) is 4.51. The molecule has 0 aliphatic heterocycles. The van der Waals surface area contributed by atoms with Crippen molar-refractivity contribution in [1.29, 1.82) is 0 Å². The molecule has 1 aromatic heterocycles. The molecule has 0 saturated heterocycles. The minimum atomic E-state index is -3.67. The summed E-state index contributed by atoms with van der Waals surface area (Å²) in [5.41, 5.74) is 2.67. The van der Waals surface area contributed by atoms with Crippen LogP contribution in [0, 0.1) is 13.8 Å². The van der Waals surface area contributed by atoms with Gasteiger partial charge in [-0.2, -0.15) is 0 Å². The van der Waals surface area contributed by atoms with Crippen LogP contribution in [0.4, 0.5) is 5.13 Å². The molecule has 0 aliphatic carbocycles. The Kier molecular flexibility index (Phi) is 6.38. The van der Waals surface area contributed by atoms with Crippen LogP contribution in [0.1, 0.15) is 31.9 Å². The molecule has 9 heteroatoms. The topological polar surface area (TPSA) is 88.2 Å². The quantitative estimate of drug-likeness (QED) is 0.591. The molecule has 0 fully saturated rings. The van der Waals surface area contributed by atoms with E-state index in [4.69, 9.17) is 11.6 Å². The molecular weight excluding hydrogens is 430 g/mol. The fraction of sp³-hybridized carbons (Fsp3) is 0.200. The molecule has 0 unspecified atom stereocenters. The number of halogens is 1. The Morgan fingerprint density at radius 3 is 2.52 bits per heavy atom. The van der Waals surface area contributed by atoms with Gasteiger partial charge >= 0.3 is 0 Å². The highest BCUT2D eigenvalue weighted by Gasteiger charge is 2.20. The zero-order valence-corrected chi connectivity index (χ0v) is 18.5. The Morgan fingerprint density at radius 2 is 1.86 bits per heavy atom. The standard InChI is InChI=1S/C20H20ClN3O3S2/c1-12-8-15(10-18(13(12)2)29(26,27)22-3)19(25)24-20-23-11-17(28-20)9-14-4-6-16(21)7-5-14/h4-8,10-11,22H,9H2,1-3H3,(H,23,24,25). The second-order valence-corrected chi connectivity index (χ2v) is 9.92. The van der Waals surface area contributed by atoms with Crippen LogP contribution in [-0.4, -0.2) is 26.4 Å². The number of hydrogen-bond acceptors (Lipinski definition) is 5. The molecule has 6 nitrogen and oxygen atoms in total. The Balaban J connectivity index is 1.79. The summed E-state index contributed by atoms with van der Waals surface area (Å²) < 4.78 is 26.8. The smallest absolute Gasteiger partial charge is 0.257 e. The number of aryl methyl sites for hydroxylation is 1. The molecule has 3 aromatic rings. The third-order valence-corrected chi connectivity index (χ3v) is 7.21. The summed E-state index contributed by atoms with van der Waals surface area (Å²) in [6, 6.07) is 10.6. The first-order valence-electron chi connectivity index (χ1n) is 8.75. The molecule has 0 bridgehead atoms. The van der Waals surface area contributed by atoms with Gasteiger partial charge in [0, 0.05) is 28.1 Å². The number of sulfonamides is 1. The molecule has 29 heavy (non-hydrogen) atoms. The van der Waals surface area contributed by atoms with E-state index in [1.54, 1.807) is 26.1 Å². The van der Waals surface area contributed by atoms with E-state index >= 15 is 0 Å². The van der Waals surface area contributed by atoms with Crippen LogP contribution in [0.3, 0.4) is 0 Å². The van der Waals surface area contributed by atoms with Crippen LogP contribution >= 0.6 is 22.9 Å². The second-order valence-electron chi connectivity index (χ2n) is 6.51. The Morgan fingerprint density at radius 1 is 1.17 bits per heavy atom. The summed E-state index contributed by atoms with van der Waals surface area (Å²) in [7, 11) is -2.32. The summed E-state index contributed by atoms with van der Waals surface area (Å²) in [6.07, 6.45) is 2.39. The van der Waals surface area contributed by atoms with Crippen LogP contribution in [0.25, 0.3) is 0 Å². The van der Waals surface area contributed by atoms with Crippen LogP contribution in [0.15, 0.2) is 47.5 Å². The lowest BCUT2D eigenvalue weighted by Gasteiger charge is -2.12. The van der Waals surface area contributed by atoms with Gasteiger partial charge in [0.1, 0.15) is 0 Å². The van der Waals surface area contributed by atoms with Gasteiger partial charge in [-0.15, -0.1) is 11.3 Å². The number of anilines is 1. The van der Waals surface area contributed by atoms with E-state index in [0.29, 0.717) is 27.7 Å². The fourth-order valence-corrected chi connectivity index (χ4v) is 4.80. The van der Waals surface area contributed by atoms with Gasteiger partial charge in [0.2, 0.25) is 10.0 Å². The number of nitrogens with one attached hydrogen (secondary N) is 2. The van der Waals surface area contributed by atoms with Gasteiger partial charge in [0.05, 0.1) is 4.90 Å². The number of thiazole rings is 1. The van der Waals surface area contributed by atoms with E-state index in [-0.39, 0.29) is 10.5 Å². The van der Waals surface area contributed by atoms with E-state index < -0.39 is 15.9 Å². The summed E-state index contributed by atoms with van der Waals surface area (Å²) in [6.45, 7) is 3.49. The first-order valence-corrected chi connectivity index (χ1v) is 11.4. The van der Waals surface area contributed by atoms with Crippen LogP contribution in [0.5, 0.6) is 0 Å². The number of amides is 1. The lowest BCUT2D eigenvalue weighted by atomic mass is 10.1. The highest BCUT2D eigenvalue weighted by molar-refractivity contribution is 7.89. The van der Waals surface area contributed by atoms with Gasteiger partial charge in [0.25, 0.3) is 5.91 Å². The van der Waals surface area contributed by atoms with Crippen molar-refractivity contribution in [2.24, 2.45) is 0 Å². The number of aromatic nitrogens is 1. The molecular formula is C20H20ClN3O3S2. The Bertz CT molecular complexity index is 1160. The predicted octanol–water partition coefficient (Wildman–Crippen LogP) is 4.16. The Labute approximate surface area is 179 Å². The summed E-state index contributed by atoms with van der Waals surface area (Å²) in [4.78, 5) is 18.0. The van der Waals surface area contributed by atoms with Crippen molar-refractivity contribution in [2.45, 2.75) is 25.2 Å². The minimum Gasteiger partial charge on any atom is -0.298 e. The summed E-state index contributed by atoms with van der Waals surface area (Å²) in [5.74, 6) is -0.409. The number of rotatable bonds is 6. The molecule has 0 atom stereocenters. The molecule has 2 aromatic carbocycles. The van der Waals surface area contributed by atoms with Gasteiger partial charge in [-0.1, -0.05) is 23.7 Å². The monoisotopic (exact) mass is 449 g/mol. The molecule has 0 aliphatic rings. The molecule has 1 heterocycles. The molecule has 1 amide bonds. The number of hydrogen-bond donors (Lipinski definition) is 2. The number of carbonyl (C=O) groups is 1. The average Bonchev–Trinajstić information content (AvgIpc) is 3.12. The summed E-state index contributed by atoms with van der Waals surface area (Å²) in [5, 5.41) is 3.88. The average molecular weight is 450 g/mol. The number of carbonyl (C=O) groups excluding carboxylic acids is 1. The minimum absolute atomic E-state index is 0.0905. The van der Waals surface area contributed by atoms with E-state index in [1.807, 2.05) is 24.3 Å². The van der Waals surface area contributed by atoms with Gasteiger partial charge in [-0.05, 0) is 61.9 Å². The van der Waals surface area contributed by atoms with Crippen molar-refractivity contribution in [2.75, 3.05) is 12.4 Å². The highest BCUT2D eigenvalue weighted by Crippen LogP contribution is 2.24. The van der Waals surface area contributed by atoms with Gasteiger partial charge in [0.15, 0.2) is 5.13 Å². The number of benzene rings is 2. The normalized spacial score (nSPS) is 11.4. The van der Waals surface area contributed by atoms with Crippen LogP contribution in [0.2, 0.25) is 5.02 Å². The van der Waals surface area contributed by atoms with Gasteiger partial charge < -0.3 is 0 Å². The maximum Gasteiger partial charge on any atom is 0.257 e. The largest absolute Gasteiger partial charge is 0.298 e. The van der Waals surface area contributed by atoms with Crippen molar-refractivity contribution < 1.29 is 13.2 Å². The van der Waals surface area contributed by atoms with Crippen LogP contribution < -0.4 is 10.0 Å². The maximum absolute atomic E-state index is 12.7. The van der Waals surface area contributed by atoms with Crippen LogP contribution in [-0.2, 0) is 16.4 Å². The molecule has 0 radical (unpaired) electrons. The van der Waals surface area contributed by atoms with Crippen molar-refractivity contribution in [1.82, 2.24) is 9.71 Å². The fourth-order valence-electron chi connectivity index (χ4n) is 2.77. The van der Waals surface area contributed by atoms with E-state index in [0.717, 1.165) is 10.4 Å². The lowest BCUT2D eigenvalue weighted by molar-refractivity contribution is 0.102. The third kappa shape index (κ3) is 5.02. The first kappa shape index (κ1) is 21.4. The molecule has 0 saturated carbocycles. The molecule has 2 N–H and O–H groups in total. The first-order chi connectivity index (χ1) is 13.7. The maximum atomic E-state index is 12.7. The van der Waals surface area contributed by atoms with Crippen molar-refractivity contribution in [3.05, 3.63) is 74.7 Å². The van der Waals surface area contributed by atoms with E-state index in [9.17, 15) is 13.2 Å². The zero-order chi connectivity index (χ0) is 21.2. The second kappa shape index (κ2) is 8.62. The summed E-state index contributed by atoms with van der Waals surface area (Å²) >= 11 is 7.27. The number of nitrogens with zero attached hydrogens (tertiary/aromatic N) is 1. The zero-order valence-electron chi connectivity index (χ0n) is 16.1. The molecule has 0 spiro atoms. The highest BCUT2D eigenvalue weighted by atomic mass is 35.5. The van der Waals surface area contributed by atoms with Gasteiger partial charge in [-0.25, -0.2) is 18.1 Å². The molecule has 3 rings (SSSR count). The van der Waals surface area contributed by atoms with E-state index in [1.165, 1.54) is 24.5 Å². The van der Waals surface area contributed by atoms with Crippen molar-refractivity contribution in [3.8, 4) is 0 Å². The van der Waals surface area contributed by atoms with Crippen molar-refractivity contribution >= 4 is 44.0 Å². The lowest BCUT2D eigenvalue weighted by Crippen LogP contribution is -2.21. The Hall–Kier alpha value is -2.26. The SMILES string of the molecule is CNS(=O)(=O)c1cc(C(=O)Nc2ncc(Cc3ccc(Cl)cc3)s2)cc(C)c1C. The van der Waals surface area contributed by atoms with Crippen molar-refractivity contribution in [3.63, 3.8) is 0 Å². The predicted molar refractivity (Wildman–Crippen MR) is 116 cm³/mol. The molecule has 152 valence electrons.